The van der Waals surface area contributed by atoms with Crippen LogP contribution < -0.4 is 5.56 Å². The summed E-state index contributed by atoms with van der Waals surface area (Å²) in [6.45, 7) is 7.92. The minimum Gasteiger partial charge on any atom is -0.478 e. The number of hydrogen-bond donors (Lipinski definition) is 2. The summed E-state index contributed by atoms with van der Waals surface area (Å²) < 4.78 is 6.92. The number of ether oxygens (including phenoxy) is 1. The number of carboxylic acids is 1. The van der Waals surface area contributed by atoms with Crippen molar-refractivity contribution in [2.75, 3.05) is 13.1 Å². The van der Waals surface area contributed by atoms with Crippen molar-refractivity contribution in [2.24, 2.45) is 5.92 Å². The Balaban J connectivity index is 2.03. The summed E-state index contributed by atoms with van der Waals surface area (Å²) in [6.07, 6.45) is 2.35. The highest BCUT2D eigenvalue weighted by atomic mass is 32.1. The van der Waals surface area contributed by atoms with E-state index in [2.05, 4.69) is 4.98 Å². The number of carbonyl (C=O) groups excluding carboxylic acids is 1. The van der Waals surface area contributed by atoms with Crippen molar-refractivity contribution in [3.8, 4) is 0 Å². The number of aryl methyl sites for hydroxylation is 1. The minimum absolute atomic E-state index is 0.00920. The number of likely N-dealkylation sites (tertiary alicyclic amines) is 1. The van der Waals surface area contributed by atoms with Crippen molar-refractivity contribution in [3.63, 3.8) is 0 Å². The van der Waals surface area contributed by atoms with Crippen molar-refractivity contribution in [3.05, 3.63) is 49.8 Å². The molecule has 2 aromatic rings. The van der Waals surface area contributed by atoms with Gasteiger partial charge >= 0.3 is 12.1 Å². The maximum Gasteiger partial charge on any atom is 0.410 e. The molecule has 10 heteroatoms. The fraction of sp³-hybridized carbons (Fsp3) is 0.545. The number of aliphatic hydroxyl groups excluding tert-OH is 1. The van der Waals surface area contributed by atoms with Crippen LogP contribution in [0.4, 0.5) is 4.79 Å². The van der Waals surface area contributed by atoms with Gasteiger partial charge in [-0.15, -0.1) is 11.3 Å². The predicted molar refractivity (Wildman–Crippen MR) is 119 cm³/mol. The molecule has 32 heavy (non-hydrogen) atoms. The molecule has 2 aromatic heterocycles. The number of carbonyl (C=O) groups is 2. The first-order valence-corrected chi connectivity index (χ1v) is 11.3. The third-order valence-electron chi connectivity index (χ3n) is 5.35. The van der Waals surface area contributed by atoms with Gasteiger partial charge < -0.3 is 24.4 Å². The van der Waals surface area contributed by atoms with Gasteiger partial charge in [0.25, 0.3) is 5.56 Å². The number of thiazole rings is 1. The molecule has 1 amide bonds. The summed E-state index contributed by atoms with van der Waals surface area (Å²) >= 11 is 1.30. The highest BCUT2D eigenvalue weighted by Gasteiger charge is 2.35. The normalized spacial score (nSPS) is 17.8. The number of aromatic carboxylic acids is 1. The van der Waals surface area contributed by atoms with Gasteiger partial charge in [-0.1, -0.05) is 0 Å². The van der Waals surface area contributed by atoms with Crippen molar-refractivity contribution in [1.29, 1.82) is 0 Å². The van der Waals surface area contributed by atoms with Crippen LogP contribution in [-0.2, 0) is 11.3 Å². The first kappa shape index (κ1) is 23.9. The molecule has 0 aromatic carbocycles. The fourth-order valence-electron chi connectivity index (χ4n) is 3.88. The van der Waals surface area contributed by atoms with E-state index in [1.54, 1.807) is 32.6 Å². The zero-order chi connectivity index (χ0) is 23.6. The zero-order valence-corrected chi connectivity index (χ0v) is 19.5. The molecule has 0 bridgehead atoms. The van der Waals surface area contributed by atoms with E-state index in [-0.39, 0.29) is 23.6 Å². The van der Waals surface area contributed by atoms with E-state index in [1.165, 1.54) is 34.2 Å². The van der Waals surface area contributed by atoms with Gasteiger partial charge in [-0.3, -0.25) is 4.79 Å². The number of aliphatic hydroxyl groups is 1. The molecular formula is C22H29N3O6S. The Morgan fingerprint density at radius 3 is 2.66 bits per heavy atom. The zero-order valence-electron chi connectivity index (χ0n) is 18.7. The summed E-state index contributed by atoms with van der Waals surface area (Å²) in [7, 11) is 0. The smallest absolute Gasteiger partial charge is 0.410 e. The number of piperidine rings is 1. The average Bonchev–Trinajstić information content (AvgIpc) is 3.08. The number of carboxylic acid groups (broad SMARTS) is 1. The van der Waals surface area contributed by atoms with Gasteiger partial charge in [0.15, 0.2) is 0 Å². The quantitative estimate of drug-likeness (QED) is 0.699. The number of nitrogens with zero attached hydrogens (tertiary/aromatic N) is 3. The fourth-order valence-corrected chi connectivity index (χ4v) is 5.00. The molecule has 1 aliphatic heterocycles. The van der Waals surface area contributed by atoms with Crippen LogP contribution in [0.1, 0.15) is 65.6 Å². The predicted octanol–water partition coefficient (Wildman–Crippen LogP) is 3.04. The number of aromatic nitrogens is 2. The molecule has 0 aliphatic carbocycles. The standard InChI is InChI=1S/C22H29N3O6S/c1-13-16(12-26)32-19(23-13)18(25-11-15(20(28)29)7-8-17(25)27)14-6-5-9-24(10-14)21(30)31-22(2,3)4/h7-8,11,14,18,26H,5-6,9-10,12H2,1-4H3,(H,28,29). The molecule has 3 heterocycles. The molecule has 1 fully saturated rings. The van der Waals surface area contributed by atoms with Crippen molar-refractivity contribution >= 4 is 23.4 Å². The maximum absolute atomic E-state index is 12.8. The van der Waals surface area contributed by atoms with E-state index in [4.69, 9.17) is 4.74 Å². The van der Waals surface area contributed by atoms with E-state index in [9.17, 15) is 24.6 Å². The van der Waals surface area contributed by atoms with Crippen LogP contribution in [0, 0.1) is 12.8 Å². The average molecular weight is 464 g/mol. The summed E-state index contributed by atoms with van der Waals surface area (Å²) in [5.74, 6) is -1.32. The number of amides is 1. The van der Waals surface area contributed by atoms with Crippen molar-refractivity contribution < 1.29 is 24.5 Å². The van der Waals surface area contributed by atoms with Crippen LogP contribution >= 0.6 is 11.3 Å². The summed E-state index contributed by atoms with van der Waals surface area (Å²) in [6, 6.07) is 1.94. The Morgan fingerprint density at radius 1 is 1.34 bits per heavy atom. The second-order valence-corrected chi connectivity index (χ2v) is 10.1. The first-order chi connectivity index (χ1) is 15.0. The van der Waals surface area contributed by atoms with E-state index in [1.807, 2.05) is 0 Å². The van der Waals surface area contributed by atoms with Gasteiger partial charge in [0.05, 0.1) is 28.8 Å². The highest BCUT2D eigenvalue weighted by Crippen LogP contribution is 2.36. The Kier molecular flexibility index (Phi) is 7.04. The molecular weight excluding hydrogens is 434 g/mol. The van der Waals surface area contributed by atoms with Gasteiger partial charge in [0.1, 0.15) is 10.6 Å². The molecule has 2 atom stereocenters. The molecule has 0 spiro atoms. The van der Waals surface area contributed by atoms with Crippen LogP contribution in [0.2, 0.25) is 0 Å². The van der Waals surface area contributed by atoms with E-state index in [0.717, 1.165) is 6.42 Å². The molecule has 174 valence electrons. The molecule has 1 aliphatic rings. The van der Waals surface area contributed by atoms with Gasteiger partial charge in [-0.25, -0.2) is 14.6 Å². The van der Waals surface area contributed by atoms with Crippen LogP contribution in [0.3, 0.4) is 0 Å². The van der Waals surface area contributed by atoms with Gasteiger partial charge in [-0.2, -0.15) is 0 Å². The monoisotopic (exact) mass is 463 g/mol. The molecule has 0 radical (unpaired) electrons. The van der Waals surface area contributed by atoms with E-state index >= 15 is 0 Å². The van der Waals surface area contributed by atoms with Crippen molar-refractivity contribution in [2.45, 2.75) is 58.8 Å². The number of hydrogen-bond acceptors (Lipinski definition) is 7. The molecule has 2 N–H and O–H groups in total. The van der Waals surface area contributed by atoms with Gasteiger partial charge in [0, 0.05) is 31.3 Å². The lowest BCUT2D eigenvalue weighted by molar-refractivity contribution is 0.0143. The van der Waals surface area contributed by atoms with Gasteiger partial charge in [0.2, 0.25) is 0 Å². The third kappa shape index (κ3) is 5.36. The number of pyridine rings is 1. The molecule has 0 saturated carbocycles. The first-order valence-electron chi connectivity index (χ1n) is 10.5. The lowest BCUT2D eigenvalue weighted by Gasteiger charge is -2.37. The lowest BCUT2D eigenvalue weighted by Crippen LogP contribution is -2.45. The summed E-state index contributed by atoms with van der Waals surface area (Å²) in [4.78, 5) is 44.0. The SMILES string of the molecule is Cc1nc(C(C2CCCN(C(=O)OC(C)(C)C)C2)n2cc(C(=O)O)ccc2=O)sc1CO. The second kappa shape index (κ2) is 9.41. The lowest BCUT2D eigenvalue weighted by atomic mass is 9.90. The largest absolute Gasteiger partial charge is 0.478 e. The summed E-state index contributed by atoms with van der Waals surface area (Å²) in [5, 5.41) is 19.7. The second-order valence-electron chi connectivity index (χ2n) is 8.96. The highest BCUT2D eigenvalue weighted by molar-refractivity contribution is 7.11. The molecule has 2 unspecified atom stereocenters. The van der Waals surface area contributed by atoms with Crippen LogP contribution in [0.25, 0.3) is 0 Å². The topological polar surface area (TPSA) is 122 Å². The molecule has 9 nitrogen and oxygen atoms in total. The minimum atomic E-state index is -1.14. The Bertz CT molecular complexity index is 1050. The molecule has 1 saturated heterocycles. The van der Waals surface area contributed by atoms with Gasteiger partial charge in [-0.05, 0) is 46.6 Å². The van der Waals surface area contributed by atoms with Crippen LogP contribution in [0.5, 0.6) is 0 Å². The van der Waals surface area contributed by atoms with Crippen LogP contribution in [0.15, 0.2) is 23.1 Å². The summed E-state index contributed by atoms with van der Waals surface area (Å²) in [5.41, 5.74) is -0.323. The maximum atomic E-state index is 12.8. The van der Waals surface area contributed by atoms with E-state index < -0.39 is 23.7 Å². The van der Waals surface area contributed by atoms with Crippen molar-refractivity contribution in [1.82, 2.24) is 14.5 Å². The Hall–Kier alpha value is -2.72. The Labute approximate surface area is 190 Å². The number of rotatable bonds is 5. The van der Waals surface area contributed by atoms with Crippen LogP contribution in [-0.4, -0.2) is 55.4 Å². The third-order valence-corrected chi connectivity index (χ3v) is 6.56. The Morgan fingerprint density at radius 2 is 2.06 bits per heavy atom. The van der Waals surface area contributed by atoms with E-state index in [0.29, 0.717) is 35.1 Å². The molecule has 3 rings (SSSR count).